The first-order valence-electron chi connectivity index (χ1n) is 8.51. The molecule has 1 atom stereocenters. The number of aryl methyl sites for hydroxylation is 1. The van der Waals surface area contributed by atoms with E-state index in [0.29, 0.717) is 18.5 Å². The Morgan fingerprint density at radius 2 is 2.16 bits per heavy atom. The van der Waals surface area contributed by atoms with Crippen molar-refractivity contribution in [3.8, 4) is 0 Å². The summed E-state index contributed by atoms with van der Waals surface area (Å²) >= 11 is 1.48. The van der Waals surface area contributed by atoms with Crippen LogP contribution >= 0.6 is 11.5 Å². The van der Waals surface area contributed by atoms with Crippen LogP contribution in [0.15, 0.2) is 10.9 Å². The van der Waals surface area contributed by atoms with Crippen LogP contribution in [-0.2, 0) is 13.0 Å². The van der Waals surface area contributed by atoms with E-state index in [0.717, 1.165) is 42.6 Å². The van der Waals surface area contributed by atoms with Crippen LogP contribution in [0.2, 0.25) is 0 Å². The molecule has 25 heavy (non-hydrogen) atoms. The lowest BCUT2D eigenvalue weighted by Gasteiger charge is -2.24. The topological polar surface area (TPSA) is 81.3 Å². The Labute approximate surface area is 151 Å². The van der Waals surface area contributed by atoms with E-state index in [2.05, 4.69) is 43.1 Å². The van der Waals surface area contributed by atoms with Crippen molar-refractivity contribution in [2.24, 2.45) is 0 Å². The van der Waals surface area contributed by atoms with Gasteiger partial charge in [0.25, 0.3) is 5.56 Å². The van der Waals surface area contributed by atoms with E-state index in [1.54, 1.807) is 6.07 Å². The minimum Gasteiger partial charge on any atom is -0.348 e. The number of aromatic amines is 1. The van der Waals surface area contributed by atoms with Crippen molar-refractivity contribution in [2.45, 2.75) is 32.4 Å². The summed E-state index contributed by atoms with van der Waals surface area (Å²) in [5, 5.41) is 1.01. The summed E-state index contributed by atoms with van der Waals surface area (Å²) in [4.78, 5) is 30.1. The molecule has 0 spiro atoms. The van der Waals surface area contributed by atoms with Gasteiger partial charge in [0.05, 0.1) is 5.69 Å². The van der Waals surface area contributed by atoms with Gasteiger partial charge in [-0.25, -0.2) is 9.97 Å². The average Bonchev–Trinajstić information content (AvgIpc) is 3.23. The molecule has 1 N–H and O–H groups in total. The quantitative estimate of drug-likeness (QED) is 0.819. The average molecular weight is 363 g/mol. The molecule has 0 bridgehead atoms. The minimum atomic E-state index is -0.115. The van der Waals surface area contributed by atoms with Crippen LogP contribution in [0.4, 0.5) is 11.1 Å². The molecule has 1 aliphatic rings. The van der Waals surface area contributed by atoms with Gasteiger partial charge in [-0.3, -0.25) is 14.7 Å². The Hall–Kier alpha value is -2.00. The van der Waals surface area contributed by atoms with Crippen LogP contribution in [0.3, 0.4) is 0 Å². The second-order valence-electron chi connectivity index (χ2n) is 6.61. The molecule has 8 nitrogen and oxygen atoms in total. The fraction of sp³-hybridized carbons (Fsp3) is 0.625. The number of hydrogen-bond acceptors (Lipinski definition) is 8. The van der Waals surface area contributed by atoms with Gasteiger partial charge in [-0.2, -0.15) is 4.37 Å². The van der Waals surface area contributed by atoms with Gasteiger partial charge in [0, 0.05) is 63.8 Å². The maximum atomic E-state index is 11.8. The number of anilines is 2. The van der Waals surface area contributed by atoms with Crippen LogP contribution in [0, 0.1) is 0 Å². The Kier molecular flexibility index (Phi) is 5.33. The molecule has 0 saturated carbocycles. The van der Waals surface area contributed by atoms with Gasteiger partial charge in [0.15, 0.2) is 0 Å². The summed E-state index contributed by atoms with van der Waals surface area (Å²) in [5.41, 5.74) is 0.675. The Morgan fingerprint density at radius 3 is 2.84 bits per heavy atom. The molecular weight excluding hydrogens is 338 g/mol. The summed E-state index contributed by atoms with van der Waals surface area (Å²) in [6.45, 7) is 4.64. The molecule has 0 radical (unpaired) electrons. The number of likely N-dealkylation sites (N-methyl/N-ethyl adjacent to an activating group) is 1. The Balaban J connectivity index is 1.64. The predicted molar refractivity (Wildman–Crippen MR) is 101 cm³/mol. The fourth-order valence-corrected chi connectivity index (χ4v) is 3.75. The van der Waals surface area contributed by atoms with Crippen molar-refractivity contribution in [1.29, 1.82) is 0 Å². The van der Waals surface area contributed by atoms with Gasteiger partial charge in [-0.1, -0.05) is 6.92 Å². The summed E-state index contributed by atoms with van der Waals surface area (Å²) < 4.78 is 4.38. The summed E-state index contributed by atoms with van der Waals surface area (Å²) in [6, 6.07) is 1.99. The number of H-pyrrole nitrogens is 1. The van der Waals surface area contributed by atoms with Gasteiger partial charge < -0.3 is 9.80 Å². The largest absolute Gasteiger partial charge is 0.348 e. The molecule has 3 heterocycles. The molecule has 136 valence electrons. The van der Waals surface area contributed by atoms with Crippen molar-refractivity contribution in [2.75, 3.05) is 44.0 Å². The van der Waals surface area contributed by atoms with Crippen LogP contribution in [-0.4, -0.2) is 64.5 Å². The first-order chi connectivity index (χ1) is 12.0. The van der Waals surface area contributed by atoms with Gasteiger partial charge in [-0.15, -0.1) is 0 Å². The molecule has 1 saturated heterocycles. The molecule has 0 aliphatic carbocycles. The number of aromatic nitrogens is 4. The fourth-order valence-electron chi connectivity index (χ4n) is 2.96. The number of hydrogen-bond donors (Lipinski definition) is 1. The van der Waals surface area contributed by atoms with Crippen molar-refractivity contribution < 1.29 is 0 Å². The first-order valence-corrected chi connectivity index (χ1v) is 9.29. The zero-order valence-electron chi connectivity index (χ0n) is 15.2. The zero-order valence-corrected chi connectivity index (χ0v) is 16.0. The van der Waals surface area contributed by atoms with Crippen molar-refractivity contribution in [1.82, 2.24) is 24.2 Å². The lowest BCUT2D eigenvalue weighted by atomic mass is 10.2. The molecule has 2 aromatic rings. The van der Waals surface area contributed by atoms with Crippen molar-refractivity contribution in [3.63, 3.8) is 0 Å². The van der Waals surface area contributed by atoms with E-state index in [1.165, 1.54) is 11.5 Å². The zero-order chi connectivity index (χ0) is 18.0. The van der Waals surface area contributed by atoms with Crippen LogP contribution in [0.5, 0.6) is 0 Å². The van der Waals surface area contributed by atoms with E-state index in [1.807, 2.05) is 19.0 Å². The van der Waals surface area contributed by atoms with E-state index >= 15 is 0 Å². The third-order valence-corrected chi connectivity index (χ3v) is 5.26. The van der Waals surface area contributed by atoms with Crippen molar-refractivity contribution in [3.05, 3.63) is 27.9 Å². The summed E-state index contributed by atoms with van der Waals surface area (Å²) in [6.07, 6.45) is 1.94. The van der Waals surface area contributed by atoms with E-state index in [-0.39, 0.29) is 5.56 Å². The Morgan fingerprint density at radius 1 is 1.36 bits per heavy atom. The lowest BCUT2D eigenvalue weighted by Crippen LogP contribution is -2.35. The van der Waals surface area contributed by atoms with E-state index in [4.69, 9.17) is 0 Å². The second-order valence-corrected chi connectivity index (χ2v) is 7.34. The number of rotatable bonds is 6. The highest BCUT2D eigenvalue weighted by Gasteiger charge is 2.28. The minimum absolute atomic E-state index is 0.115. The molecule has 0 unspecified atom stereocenters. The molecular formula is C16H25N7OS. The molecule has 9 heteroatoms. The second kappa shape index (κ2) is 7.49. The highest BCUT2D eigenvalue weighted by atomic mass is 32.1. The highest BCUT2D eigenvalue weighted by Crippen LogP contribution is 2.25. The lowest BCUT2D eigenvalue weighted by molar-refractivity contribution is 0.247. The molecule has 1 aliphatic heterocycles. The van der Waals surface area contributed by atoms with Crippen LogP contribution in [0.25, 0.3) is 0 Å². The molecule has 3 rings (SSSR count). The first kappa shape index (κ1) is 17.8. The predicted octanol–water partition coefficient (Wildman–Crippen LogP) is 0.960. The number of nitrogens with one attached hydrogen (secondary N) is 1. The van der Waals surface area contributed by atoms with Gasteiger partial charge in [-0.05, 0) is 13.5 Å². The normalized spacial score (nSPS) is 17.5. The summed E-state index contributed by atoms with van der Waals surface area (Å²) in [7, 11) is 5.82. The van der Waals surface area contributed by atoms with Crippen LogP contribution in [0.1, 0.15) is 24.9 Å². The van der Waals surface area contributed by atoms with Crippen molar-refractivity contribution >= 4 is 22.6 Å². The smallest absolute Gasteiger partial charge is 0.252 e. The SMILES string of the molecule is CCc1nsc(N2CC[C@@H](N(C)Cc3cc(=O)[nH]c(N(C)C)n3)C2)n1. The van der Waals surface area contributed by atoms with Gasteiger partial charge in [0.1, 0.15) is 5.82 Å². The van der Waals surface area contributed by atoms with Crippen LogP contribution < -0.4 is 15.4 Å². The molecule has 0 aromatic carbocycles. The summed E-state index contributed by atoms with van der Waals surface area (Å²) in [5.74, 6) is 1.51. The van der Waals surface area contributed by atoms with Gasteiger partial charge in [0.2, 0.25) is 11.1 Å². The molecule has 1 fully saturated rings. The highest BCUT2D eigenvalue weighted by molar-refractivity contribution is 7.09. The third-order valence-electron chi connectivity index (χ3n) is 4.45. The Bertz CT molecular complexity index is 772. The van der Waals surface area contributed by atoms with E-state index < -0.39 is 0 Å². The third kappa shape index (κ3) is 4.16. The molecule has 0 amide bonds. The molecule has 2 aromatic heterocycles. The number of nitrogens with zero attached hydrogens (tertiary/aromatic N) is 6. The standard InChI is InChI=1S/C16H25N7OS/c1-5-13-18-16(25-20-13)23-7-6-12(10-23)22(4)9-11-8-14(24)19-15(17-11)21(2)3/h8,12H,5-7,9-10H2,1-4H3,(H,17,19,24)/t12-/m1/s1. The monoisotopic (exact) mass is 363 g/mol. The maximum absolute atomic E-state index is 11.8. The van der Waals surface area contributed by atoms with Gasteiger partial charge >= 0.3 is 0 Å². The van der Waals surface area contributed by atoms with E-state index in [9.17, 15) is 4.79 Å². The maximum Gasteiger partial charge on any atom is 0.252 e.